The van der Waals surface area contributed by atoms with Crippen molar-refractivity contribution in [2.45, 2.75) is 56.5 Å². The lowest BCUT2D eigenvalue weighted by atomic mass is 9.65. The molecule has 3 rings (SSSR count). The van der Waals surface area contributed by atoms with Gasteiger partial charge >= 0.3 is 5.51 Å². The highest BCUT2D eigenvalue weighted by molar-refractivity contribution is 7.92. The maximum Gasteiger partial charge on any atom is 0.501 e. The second-order valence-corrected chi connectivity index (χ2v) is 10.6. The molecule has 2 bridgehead atoms. The lowest BCUT2D eigenvalue weighted by molar-refractivity contribution is -0.384. The molecule has 1 aromatic carbocycles. The third-order valence-electron chi connectivity index (χ3n) is 5.48. The van der Waals surface area contributed by atoms with E-state index in [1.807, 2.05) is 4.90 Å². The number of halogens is 3. The van der Waals surface area contributed by atoms with E-state index in [0.717, 1.165) is 31.4 Å². The summed E-state index contributed by atoms with van der Waals surface area (Å²) < 4.78 is 61.6. The lowest BCUT2D eigenvalue weighted by Gasteiger charge is -2.39. The topological polar surface area (TPSA) is 80.5 Å². The van der Waals surface area contributed by atoms with Gasteiger partial charge in [0.2, 0.25) is 0 Å². The smallest absolute Gasteiger partial charge is 0.362 e. The molecule has 2 aliphatic rings. The van der Waals surface area contributed by atoms with Gasteiger partial charge in [0.25, 0.3) is 15.5 Å². The summed E-state index contributed by atoms with van der Waals surface area (Å²) in [5.41, 5.74) is -5.94. The third kappa shape index (κ3) is 3.39. The molecule has 0 N–H and O–H groups in total. The van der Waals surface area contributed by atoms with Crippen molar-refractivity contribution in [3.63, 3.8) is 0 Å². The Balaban J connectivity index is 2.07. The molecule has 0 spiro atoms. The van der Waals surface area contributed by atoms with Crippen molar-refractivity contribution in [2.75, 3.05) is 11.4 Å². The van der Waals surface area contributed by atoms with Gasteiger partial charge in [-0.3, -0.25) is 10.1 Å². The summed E-state index contributed by atoms with van der Waals surface area (Å²) in [6.07, 6.45) is 2.60. The number of rotatable bonds is 3. The fourth-order valence-electron chi connectivity index (χ4n) is 4.93. The van der Waals surface area contributed by atoms with Gasteiger partial charge in [-0.05, 0) is 42.2 Å². The molecule has 150 valence electrons. The SMILES string of the molecule is CC1(C)CC2CC(C)(CN2c2ccc(S(=O)(=O)C(F)(F)F)cc2[N+](=O)[O-])C1. The van der Waals surface area contributed by atoms with Gasteiger partial charge in [0.1, 0.15) is 5.69 Å². The molecule has 1 saturated carbocycles. The van der Waals surface area contributed by atoms with Gasteiger partial charge in [0.15, 0.2) is 0 Å². The van der Waals surface area contributed by atoms with Crippen LogP contribution >= 0.6 is 0 Å². The quantitative estimate of drug-likeness (QED) is 0.552. The molecule has 2 unspecified atom stereocenters. The molecule has 6 nitrogen and oxygen atoms in total. The number of nitrogens with zero attached hydrogens (tertiary/aromatic N) is 2. The first-order valence-corrected chi connectivity index (χ1v) is 10.0. The Kier molecular flexibility index (Phi) is 4.30. The van der Waals surface area contributed by atoms with Crippen LogP contribution in [-0.4, -0.2) is 31.4 Å². The van der Waals surface area contributed by atoms with E-state index < -0.39 is 30.9 Å². The minimum atomic E-state index is -5.64. The van der Waals surface area contributed by atoms with Crippen LogP contribution in [0.15, 0.2) is 23.1 Å². The van der Waals surface area contributed by atoms with Crippen LogP contribution in [0.25, 0.3) is 0 Å². The molecule has 1 aliphatic heterocycles. The number of sulfone groups is 1. The maximum absolute atomic E-state index is 12.8. The highest BCUT2D eigenvalue weighted by atomic mass is 32.2. The first-order valence-electron chi connectivity index (χ1n) is 8.52. The molecule has 10 heteroatoms. The van der Waals surface area contributed by atoms with Crippen molar-refractivity contribution in [2.24, 2.45) is 10.8 Å². The van der Waals surface area contributed by atoms with Crippen LogP contribution in [0.4, 0.5) is 24.5 Å². The zero-order valence-electron chi connectivity index (χ0n) is 15.2. The molecular weight excluding hydrogens is 385 g/mol. The van der Waals surface area contributed by atoms with E-state index in [2.05, 4.69) is 20.8 Å². The molecule has 0 aromatic heterocycles. The Bertz CT molecular complexity index is 898. The minimum Gasteiger partial charge on any atom is -0.362 e. The van der Waals surface area contributed by atoms with Crippen LogP contribution in [-0.2, 0) is 9.84 Å². The number of anilines is 1. The number of benzene rings is 1. The molecule has 2 atom stereocenters. The predicted molar refractivity (Wildman–Crippen MR) is 93.2 cm³/mol. The van der Waals surface area contributed by atoms with Crippen molar-refractivity contribution in [1.29, 1.82) is 0 Å². The van der Waals surface area contributed by atoms with Gasteiger partial charge in [-0.15, -0.1) is 0 Å². The molecule has 2 fully saturated rings. The van der Waals surface area contributed by atoms with Crippen molar-refractivity contribution < 1.29 is 26.5 Å². The number of hydrogen-bond acceptors (Lipinski definition) is 5. The Hall–Kier alpha value is -1.84. The van der Waals surface area contributed by atoms with E-state index in [-0.39, 0.29) is 22.6 Å². The second kappa shape index (κ2) is 5.83. The zero-order valence-corrected chi connectivity index (χ0v) is 16.0. The second-order valence-electron chi connectivity index (χ2n) is 8.70. The van der Waals surface area contributed by atoms with Crippen LogP contribution in [0, 0.1) is 20.9 Å². The molecule has 1 aromatic rings. The van der Waals surface area contributed by atoms with Crippen LogP contribution in [0.3, 0.4) is 0 Å². The monoisotopic (exact) mass is 406 g/mol. The number of alkyl halides is 3. The summed E-state index contributed by atoms with van der Waals surface area (Å²) in [4.78, 5) is 11.4. The Morgan fingerprint density at radius 3 is 2.41 bits per heavy atom. The number of hydrogen-bond donors (Lipinski definition) is 0. The van der Waals surface area contributed by atoms with Gasteiger partial charge in [0, 0.05) is 18.7 Å². The first-order chi connectivity index (χ1) is 12.2. The highest BCUT2D eigenvalue weighted by Gasteiger charge is 2.51. The van der Waals surface area contributed by atoms with E-state index in [9.17, 15) is 31.7 Å². The number of nitro benzene ring substituents is 1. The molecule has 27 heavy (non-hydrogen) atoms. The van der Waals surface area contributed by atoms with Gasteiger partial charge in [-0.2, -0.15) is 13.2 Å². The number of fused-ring (bicyclic) bond motifs is 2. The maximum atomic E-state index is 12.8. The number of nitro groups is 1. The van der Waals surface area contributed by atoms with E-state index >= 15 is 0 Å². The summed E-state index contributed by atoms with van der Waals surface area (Å²) in [6.45, 7) is 6.92. The minimum absolute atomic E-state index is 0.0301. The van der Waals surface area contributed by atoms with Gasteiger partial charge < -0.3 is 4.90 Å². The van der Waals surface area contributed by atoms with Gasteiger partial charge in [-0.25, -0.2) is 8.42 Å². The average molecular weight is 406 g/mol. The van der Waals surface area contributed by atoms with E-state index in [4.69, 9.17) is 0 Å². The fourth-order valence-corrected chi connectivity index (χ4v) is 5.72. The average Bonchev–Trinajstić information content (AvgIpc) is 2.74. The zero-order chi connectivity index (χ0) is 20.4. The summed E-state index contributed by atoms with van der Waals surface area (Å²) >= 11 is 0. The van der Waals surface area contributed by atoms with E-state index in [1.165, 1.54) is 0 Å². The van der Waals surface area contributed by atoms with Gasteiger partial charge in [-0.1, -0.05) is 20.8 Å². The normalized spacial score (nSPS) is 27.6. The lowest BCUT2D eigenvalue weighted by Crippen LogP contribution is -2.35. The van der Waals surface area contributed by atoms with Crippen LogP contribution in [0.2, 0.25) is 0 Å². The van der Waals surface area contributed by atoms with Crippen molar-refractivity contribution in [3.8, 4) is 0 Å². The molecule has 1 saturated heterocycles. The van der Waals surface area contributed by atoms with Crippen LogP contribution < -0.4 is 4.90 Å². The van der Waals surface area contributed by atoms with E-state index in [1.54, 1.807) is 0 Å². The van der Waals surface area contributed by atoms with Crippen LogP contribution in [0.5, 0.6) is 0 Å². The molecular formula is C17H21F3N2O4S. The third-order valence-corrected chi connectivity index (χ3v) is 6.97. The summed E-state index contributed by atoms with van der Waals surface area (Å²) in [5.74, 6) is 0. The predicted octanol–water partition coefficient (Wildman–Crippen LogP) is 4.29. The fraction of sp³-hybridized carbons (Fsp3) is 0.647. The molecule has 1 aliphatic carbocycles. The Morgan fingerprint density at radius 1 is 1.22 bits per heavy atom. The van der Waals surface area contributed by atoms with E-state index in [0.29, 0.717) is 12.6 Å². The molecule has 1 heterocycles. The standard InChI is InChI=1S/C17H21F3N2O4S/c1-15(2)7-11-8-16(3,9-15)10-21(11)13-5-4-12(6-14(13)22(23)24)27(25,26)17(18,19)20/h4-6,11H,7-10H2,1-3H3. The van der Waals surface area contributed by atoms with Crippen molar-refractivity contribution in [1.82, 2.24) is 0 Å². The summed E-state index contributed by atoms with van der Waals surface area (Å²) in [6, 6.07) is 2.49. The largest absolute Gasteiger partial charge is 0.501 e. The van der Waals surface area contributed by atoms with Crippen LogP contribution in [0.1, 0.15) is 40.0 Å². The van der Waals surface area contributed by atoms with Gasteiger partial charge in [0.05, 0.1) is 9.82 Å². The molecule has 0 radical (unpaired) electrons. The van der Waals surface area contributed by atoms with Crippen molar-refractivity contribution in [3.05, 3.63) is 28.3 Å². The molecule has 0 amide bonds. The Labute approximate surface area is 155 Å². The van der Waals surface area contributed by atoms with Crippen molar-refractivity contribution >= 4 is 21.2 Å². The highest BCUT2D eigenvalue weighted by Crippen LogP contribution is 2.54. The summed E-state index contributed by atoms with van der Waals surface area (Å²) in [7, 11) is -5.64. The Morgan fingerprint density at radius 2 is 1.85 bits per heavy atom. The first kappa shape index (κ1) is 19.9. The summed E-state index contributed by atoms with van der Waals surface area (Å²) in [5, 5.41) is 11.5.